The molecule has 0 spiro atoms. The standard InChI is InChI=1S/C13H21N3O2/c1-4-10(2)16-12(17)7-9-15-13-11(18-3)6-5-8-14-13/h5-6,8,10H,4,7,9H2,1-3H3,(H,14,15)(H,16,17). The topological polar surface area (TPSA) is 63.2 Å². The van der Waals surface area contributed by atoms with Crippen LogP contribution in [0.3, 0.4) is 0 Å². The minimum atomic E-state index is 0.0479. The average molecular weight is 251 g/mol. The van der Waals surface area contributed by atoms with Crippen molar-refractivity contribution in [1.29, 1.82) is 0 Å². The minimum absolute atomic E-state index is 0.0479. The van der Waals surface area contributed by atoms with Crippen LogP contribution in [0, 0.1) is 0 Å². The predicted molar refractivity (Wildman–Crippen MR) is 71.8 cm³/mol. The molecule has 0 radical (unpaired) electrons. The number of nitrogens with zero attached hydrogens (tertiary/aromatic N) is 1. The molecule has 1 aromatic rings. The van der Waals surface area contributed by atoms with Gasteiger partial charge in [-0.2, -0.15) is 0 Å². The van der Waals surface area contributed by atoms with Gasteiger partial charge in [-0.25, -0.2) is 4.98 Å². The molecule has 1 atom stereocenters. The number of aromatic nitrogens is 1. The van der Waals surface area contributed by atoms with Crippen LogP contribution in [0.1, 0.15) is 26.7 Å². The molecule has 2 N–H and O–H groups in total. The van der Waals surface area contributed by atoms with Gasteiger partial charge in [0.2, 0.25) is 5.91 Å². The molecular weight excluding hydrogens is 230 g/mol. The van der Waals surface area contributed by atoms with E-state index in [9.17, 15) is 4.79 Å². The zero-order valence-corrected chi connectivity index (χ0v) is 11.2. The number of rotatable bonds is 7. The summed E-state index contributed by atoms with van der Waals surface area (Å²) in [6, 6.07) is 3.86. The van der Waals surface area contributed by atoms with Gasteiger partial charge in [0, 0.05) is 25.2 Å². The van der Waals surface area contributed by atoms with Crippen molar-refractivity contribution in [3.05, 3.63) is 18.3 Å². The van der Waals surface area contributed by atoms with Crippen LogP contribution < -0.4 is 15.4 Å². The Morgan fingerprint density at radius 3 is 3.00 bits per heavy atom. The number of carbonyl (C=O) groups is 1. The third kappa shape index (κ3) is 4.61. The molecular formula is C13H21N3O2. The number of amides is 1. The van der Waals surface area contributed by atoms with E-state index in [0.29, 0.717) is 24.5 Å². The van der Waals surface area contributed by atoms with Crippen LogP contribution in [0.25, 0.3) is 0 Å². The highest BCUT2D eigenvalue weighted by molar-refractivity contribution is 5.76. The quantitative estimate of drug-likeness (QED) is 0.775. The Bertz CT molecular complexity index is 382. The van der Waals surface area contributed by atoms with Crippen molar-refractivity contribution in [3.8, 4) is 5.75 Å². The van der Waals surface area contributed by atoms with Gasteiger partial charge in [-0.1, -0.05) is 6.92 Å². The first-order valence-electron chi connectivity index (χ1n) is 6.19. The summed E-state index contributed by atoms with van der Waals surface area (Å²) in [6.07, 6.45) is 3.04. The summed E-state index contributed by atoms with van der Waals surface area (Å²) in [4.78, 5) is 15.7. The second-order valence-electron chi connectivity index (χ2n) is 4.11. The molecule has 0 aromatic carbocycles. The summed E-state index contributed by atoms with van der Waals surface area (Å²) in [6.45, 7) is 4.57. The van der Waals surface area contributed by atoms with E-state index in [2.05, 4.69) is 15.6 Å². The van der Waals surface area contributed by atoms with Crippen LogP contribution in [-0.4, -0.2) is 30.6 Å². The number of pyridine rings is 1. The van der Waals surface area contributed by atoms with Gasteiger partial charge in [0.05, 0.1) is 7.11 Å². The first-order valence-corrected chi connectivity index (χ1v) is 6.19. The molecule has 0 aliphatic heterocycles. The van der Waals surface area contributed by atoms with Crippen molar-refractivity contribution >= 4 is 11.7 Å². The summed E-state index contributed by atoms with van der Waals surface area (Å²) < 4.78 is 5.16. The van der Waals surface area contributed by atoms with Gasteiger partial charge in [-0.3, -0.25) is 4.79 Å². The zero-order chi connectivity index (χ0) is 13.4. The molecule has 0 saturated heterocycles. The summed E-state index contributed by atoms with van der Waals surface area (Å²) in [5.74, 6) is 1.39. The third-order valence-electron chi connectivity index (χ3n) is 2.65. The number of nitrogens with one attached hydrogen (secondary N) is 2. The number of ether oxygens (including phenoxy) is 1. The summed E-state index contributed by atoms with van der Waals surface area (Å²) >= 11 is 0. The van der Waals surface area contributed by atoms with Gasteiger partial charge in [0.25, 0.3) is 0 Å². The lowest BCUT2D eigenvalue weighted by molar-refractivity contribution is -0.121. The van der Waals surface area contributed by atoms with Gasteiger partial charge in [-0.05, 0) is 25.5 Å². The summed E-state index contributed by atoms with van der Waals surface area (Å²) in [7, 11) is 1.60. The smallest absolute Gasteiger partial charge is 0.221 e. The second-order valence-corrected chi connectivity index (χ2v) is 4.11. The molecule has 1 rings (SSSR count). The molecule has 5 heteroatoms. The van der Waals surface area contributed by atoms with Gasteiger partial charge in [0.15, 0.2) is 11.6 Å². The van der Waals surface area contributed by atoms with Crippen molar-refractivity contribution in [2.75, 3.05) is 19.0 Å². The molecule has 0 aliphatic carbocycles. The SMILES string of the molecule is CCC(C)NC(=O)CCNc1ncccc1OC. The molecule has 0 saturated carbocycles. The molecule has 5 nitrogen and oxygen atoms in total. The van der Waals surface area contributed by atoms with Crippen molar-refractivity contribution < 1.29 is 9.53 Å². The van der Waals surface area contributed by atoms with E-state index in [4.69, 9.17) is 4.74 Å². The number of carbonyl (C=O) groups excluding carboxylic acids is 1. The molecule has 0 aliphatic rings. The minimum Gasteiger partial charge on any atom is -0.493 e. The number of hydrogen-bond acceptors (Lipinski definition) is 4. The average Bonchev–Trinajstić information content (AvgIpc) is 2.39. The molecule has 18 heavy (non-hydrogen) atoms. The summed E-state index contributed by atoms with van der Waals surface area (Å²) in [5.41, 5.74) is 0. The fourth-order valence-electron chi connectivity index (χ4n) is 1.43. The van der Waals surface area contributed by atoms with E-state index in [1.807, 2.05) is 19.9 Å². The van der Waals surface area contributed by atoms with Crippen LogP contribution in [0.4, 0.5) is 5.82 Å². The van der Waals surface area contributed by atoms with Crippen molar-refractivity contribution in [1.82, 2.24) is 10.3 Å². The van der Waals surface area contributed by atoms with E-state index in [1.54, 1.807) is 19.4 Å². The highest BCUT2D eigenvalue weighted by Crippen LogP contribution is 2.19. The van der Waals surface area contributed by atoms with Crippen molar-refractivity contribution in [2.24, 2.45) is 0 Å². The highest BCUT2D eigenvalue weighted by Gasteiger charge is 2.06. The number of anilines is 1. The highest BCUT2D eigenvalue weighted by atomic mass is 16.5. The Kier molecular flexibility index (Phi) is 5.97. The number of methoxy groups -OCH3 is 1. The first kappa shape index (κ1) is 14.3. The Hall–Kier alpha value is -1.78. The monoisotopic (exact) mass is 251 g/mol. The lowest BCUT2D eigenvalue weighted by Crippen LogP contribution is -2.33. The maximum atomic E-state index is 11.6. The van der Waals surface area contributed by atoms with Crippen molar-refractivity contribution in [3.63, 3.8) is 0 Å². The van der Waals surface area contributed by atoms with Crippen LogP contribution in [0.5, 0.6) is 5.75 Å². The lowest BCUT2D eigenvalue weighted by atomic mass is 10.2. The van der Waals surface area contributed by atoms with Crippen LogP contribution in [-0.2, 0) is 4.79 Å². The van der Waals surface area contributed by atoms with Gasteiger partial charge >= 0.3 is 0 Å². The largest absolute Gasteiger partial charge is 0.493 e. The second kappa shape index (κ2) is 7.53. The molecule has 1 unspecified atom stereocenters. The van der Waals surface area contributed by atoms with E-state index in [0.717, 1.165) is 6.42 Å². The summed E-state index contributed by atoms with van der Waals surface area (Å²) in [5, 5.41) is 6.00. The van der Waals surface area contributed by atoms with E-state index >= 15 is 0 Å². The third-order valence-corrected chi connectivity index (χ3v) is 2.65. The zero-order valence-electron chi connectivity index (χ0n) is 11.2. The fourth-order valence-corrected chi connectivity index (χ4v) is 1.43. The van der Waals surface area contributed by atoms with Gasteiger partial charge in [-0.15, -0.1) is 0 Å². The lowest BCUT2D eigenvalue weighted by Gasteiger charge is -2.12. The predicted octanol–water partition coefficient (Wildman–Crippen LogP) is 1.81. The van der Waals surface area contributed by atoms with Crippen LogP contribution >= 0.6 is 0 Å². The fraction of sp³-hybridized carbons (Fsp3) is 0.538. The maximum Gasteiger partial charge on any atom is 0.221 e. The Balaban J connectivity index is 2.35. The Morgan fingerprint density at radius 1 is 1.56 bits per heavy atom. The first-order chi connectivity index (χ1) is 8.67. The maximum absolute atomic E-state index is 11.6. The van der Waals surface area contributed by atoms with Gasteiger partial charge < -0.3 is 15.4 Å². The van der Waals surface area contributed by atoms with E-state index in [-0.39, 0.29) is 11.9 Å². The Morgan fingerprint density at radius 2 is 2.33 bits per heavy atom. The van der Waals surface area contributed by atoms with Crippen LogP contribution in [0.2, 0.25) is 0 Å². The molecule has 1 aromatic heterocycles. The molecule has 0 fully saturated rings. The molecule has 0 bridgehead atoms. The van der Waals surface area contributed by atoms with Crippen molar-refractivity contribution in [2.45, 2.75) is 32.7 Å². The number of hydrogen-bond donors (Lipinski definition) is 2. The molecule has 1 amide bonds. The van der Waals surface area contributed by atoms with E-state index < -0.39 is 0 Å². The van der Waals surface area contributed by atoms with Crippen LogP contribution in [0.15, 0.2) is 18.3 Å². The van der Waals surface area contributed by atoms with Gasteiger partial charge in [0.1, 0.15) is 0 Å². The van der Waals surface area contributed by atoms with E-state index in [1.165, 1.54) is 0 Å². The normalized spacial score (nSPS) is 11.7. The molecule has 100 valence electrons. The molecule has 1 heterocycles. The Labute approximate surface area is 108 Å².